The van der Waals surface area contributed by atoms with Crippen molar-refractivity contribution in [2.45, 2.75) is 322 Å². The van der Waals surface area contributed by atoms with Gasteiger partial charge in [0.2, 0.25) is 0 Å². The van der Waals surface area contributed by atoms with Crippen LogP contribution < -0.4 is 0 Å². The van der Waals surface area contributed by atoms with E-state index in [2.05, 4.69) is 93.7 Å². The summed E-state index contributed by atoms with van der Waals surface area (Å²) < 4.78 is 17.5. The smallest absolute Gasteiger partial charge is 0.306 e. The fourth-order valence-corrected chi connectivity index (χ4v) is 9.02. The van der Waals surface area contributed by atoms with Crippen molar-refractivity contribution < 1.29 is 23.8 Å². The summed E-state index contributed by atoms with van der Waals surface area (Å²) in [4.78, 5) is 25.6. The molecule has 0 aromatic carbocycles. The fraction of sp³-hybridized carbons (Fsp3) is 0.791. The van der Waals surface area contributed by atoms with Crippen LogP contribution in [0.2, 0.25) is 0 Å². The van der Waals surface area contributed by atoms with Crippen LogP contribution in [0.3, 0.4) is 0 Å². The van der Waals surface area contributed by atoms with Crippen LogP contribution in [0, 0.1) is 0 Å². The van der Waals surface area contributed by atoms with Gasteiger partial charge in [0, 0.05) is 19.4 Å². The molecule has 0 rings (SSSR count). The van der Waals surface area contributed by atoms with Gasteiger partial charge >= 0.3 is 11.9 Å². The second-order valence-electron chi connectivity index (χ2n) is 20.9. The average molecular weight is 1010 g/mol. The van der Waals surface area contributed by atoms with Gasteiger partial charge in [-0.1, -0.05) is 267 Å². The van der Waals surface area contributed by atoms with Crippen molar-refractivity contribution in [1.29, 1.82) is 0 Å². The lowest BCUT2D eigenvalue weighted by atomic mass is 10.1. The number of unbranched alkanes of at least 4 members (excludes halogenated alkanes) is 35. The molecule has 72 heavy (non-hydrogen) atoms. The number of hydrogen-bond acceptors (Lipinski definition) is 5. The highest BCUT2D eigenvalue weighted by molar-refractivity contribution is 5.70. The van der Waals surface area contributed by atoms with E-state index in [0.29, 0.717) is 19.4 Å². The Morgan fingerprint density at radius 3 is 1.04 bits per heavy atom. The Hall–Kier alpha value is -2.66. The van der Waals surface area contributed by atoms with Gasteiger partial charge in [0.15, 0.2) is 6.10 Å². The zero-order valence-corrected chi connectivity index (χ0v) is 48.2. The summed E-state index contributed by atoms with van der Waals surface area (Å²) in [7, 11) is 0. The van der Waals surface area contributed by atoms with Crippen molar-refractivity contribution in [3.05, 3.63) is 72.9 Å². The Labute approximate surface area is 448 Å². The van der Waals surface area contributed by atoms with E-state index in [0.717, 1.165) is 77.0 Å². The van der Waals surface area contributed by atoms with Crippen LogP contribution in [0.15, 0.2) is 72.9 Å². The van der Waals surface area contributed by atoms with Gasteiger partial charge in [-0.25, -0.2) is 0 Å². The summed E-state index contributed by atoms with van der Waals surface area (Å²) in [6.45, 7) is 7.72. The lowest BCUT2D eigenvalue weighted by Crippen LogP contribution is -2.30. The van der Waals surface area contributed by atoms with Crippen LogP contribution >= 0.6 is 0 Å². The first-order chi connectivity index (χ1) is 35.6. The topological polar surface area (TPSA) is 61.8 Å². The van der Waals surface area contributed by atoms with E-state index in [9.17, 15) is 9.59 Å². The third-order valence-electron chi connectivity index (χ3n) is 13.7. The van der Waals surface area contributed by atoms with Crippen molar-refractivity contribution in [1.82, 2.24) is 0 Å². The van der Waals surface area contributed by atoms with Crippen molar-refractivity contribution in [3.8, 4) is 0 Å². The number of rotatable bonds is 58. The van der Waals surface area contributed by atoms with Crippen LogP contribution in [0.5, 0.6) is 0 Å². The van der Waals surface area contributed by atoms with Gasteiger partial charge in [0.25, 0.3) is 0 Å². The van der Waals surface area contributed by atoms with Gasteiger partial charge < -0.3 is 14.2 Å². The molecule has 0 fully saturated rings. The minimum absolute atomic E-state index is 0.0789. The molecule has 0 aliphatic carbocycles. The van der Waals surface area contributed by atoms with Gasteiger partial charge in [-0.3, -0.25) is 9.59 Å². The lowest BCUT2D eigenvalue weighted by Gasteiger charge is -2.18. The normalized spacial score (nSPS) is 12.7. The summed E-state index contributed by atoms with van der Waals surface area (Å²) in [5.74, 6) is -0.400. The molecule has 0 bridgehead atoms. The molecule has 1 atom stereocenters. The van der Waals surface area contributed by atoms with Crippen molar-refractivity contribution >= 4 is 11.9 Å². The standard InChI is InChI=1S/C67H120O5/c1-4-7-10-13-16-19-22-25-28-31-33-35-38-41-44-47-50-53-56-59-62-70-63-65(72-67(69)61-58-55-52-49-46-43-40-36-30-27-24-21-18-15-12-9-6-3)64-71-66(68)60-57-54-51-48-45-42-39-37-34-32-29-26-23-20-17-14-11-8-5-2/h9,12,16,18-19,21,25-30,65H,4-8,10-11,13-15,17,20,22-24,31-64H2,1-3H3/b12-9-,19-16-,21-18-,28-25-,29-26-,30-27-. The van der Waals surface area contributed by atoms with Crippen molar-refractivity contribution in [3.63, 3.8) is 0 Å². The molecule has 5 nitrogen and oxygen atoms in total. The van der Waals surface area contributed by atoms with E-state index in [1.807, 2.05) is 0 Å². The monoisotopic (exact) mass is 1000 g/mol. The molecular formula is C67H120O5. The Bertz CT molecular complexity index is 1270. The number of ether oxygens (including phenoxy) is 3. The highest BCUT2D eigenvalue weighted by Crippen LogP contribution is 2.16. The third-order valence-corrected chi connectivity index (χ3v) is 13.7. The quantitative estimate of drug-likeness (QED) is 0.0345. The molecule has 0 saturated carbocycles. The Morgan fingerprint density at radius 1 is 0.319 bits per heavy atom. The Morgan fingerprint density at radius 2 is 0.625 bits per heavy atom. The minimum atomic E-state index is -0.547. The predicted octanol–water partition coefficient (Wildman–Crippen LogP) is 21.8. The summed E-state index contributed by atoms with van der Waals surface area (Å²) >= 11 is 0. The molecule has 418 valence electrons. The van der Waals surface area contributed by atoms with E-state index in [-0.39, 0.29) is 25.2 Å². The SMILES string of the molecule is CC/C=C\C/C=C\C/C=C\CCCCCCCCCC(=O)OC(COCCCCCCCCCCCC/C=C\C/C=C\CCCCC)COC(=O)CCCCCCCCCCC/C=C\CCCCCCCC. The molecule has 0 aromatic rings. The highest BCUT2D eigenvalue weighted by Gasteiger charge is 2.17. The molecule has 0 saturated heterocycles. The first-order valence-electron chi connectivity index (χ1n) is 31.5. The summed E-state index contributed by atoms with van der Waals surface area (Å²) in [5, 5.41) is 0. The number of carbonyl (C=O) groups excluding carboxylic acids is 2. The number of allylic oxidation sites excluding steroid dienone is 12. The molecule has 0 radical (unpaired) electrons. The molecular weight excluding hydrogens is 885 g/mol. The molecule has 0 spiro atoms. The van der Waals surface area contributed by atoms with Crippen LogP contribution in [-0.2, 0) is 23.8 Å². The van der Waals surface area contributed by atoms with E-state index in [1.165, 1.54) is 205 Å². The van der Waals surface area contributed by atoms with Crippen LogP contribution in [0.1, 0.15) is 316 Å². The minimum Gasteiger partial charge on any atom is -0.462 e. The van der Waals surface area contributed by atoms with Crippen molar-refractivity contribution in [2.75, 3.05) is 19.8 Å². The molecule has 0 aliphatic heterocycles. The largest absolute Gasteiger partial charge is 0.462 e. The number of esters is 2. The third kappa shape index (κ3) is 59.9. The van der Waals surface area contributed by atoms with Gasteiger partial charge in [-0.15, -0.1) is 0 Å². The number of carbonyl (C=O) groups is 2. The highest BCUT2D eigenvalue weighted by atomic mass is 16.6. The summed E-state index contributed by atoms with van der Waals surface area (Å²) in [5.41, 5.74) is 0. The van der Waals surface area contributed by atoms with E-state index in [1.54, 1.807) is 0 Å². The Kier molecular flexibility index (Phi) is 60.3. The second-order valence-corrected chi connectivity index (χ2v) is 20.9. The first kappa shape index (κ1) is 69.3. The number of hydrogen-bond donors (Lipinski definition) is 0. The fourth-order valence-electron chi connectivity index (χ4n) is 9.02. The molecule has 0 heterocycles. The van der Waals surface area contributed by atoms with Gasteiger partial charge in [0.1, 0.15) is 6.61 Å². The second kappa shape index (κ2) is 62.6. The molecule has 1 unspecified atom stereocenters. The maximum atomic E-state index is 12.9. The van der Waals surface area contributed by atoms with Crippen LogP contribution in [-0.4, -0.2) is 37.9 Å². The maximum Gasteiger partial charge on any atom is 0.306 e. The Balaban J connectivity index is 4.28. The zero-order valence-electron chi connectivity index (χ0n) is 48.2. The average Bonchev–Trinajstić information content (AvgIpc) is 3.38. The molecule has 0 aliphatic rings. The lowest BCUT2D eigenvalue weighted by molar-refractivity contribution is -0.163. The maximum absolute atomic E-state index is 12.9. The van der Waals surface area contributed by atoms with E-state index < -0.39 is 6.10 Å². The first-order valence-corrected chi connectivity index (χ1v) is 31.5. The van der Waals surface area contributed by atoms with E-state index in [4.69, 9.17) is 14.2 Å². The van der Waals surface area contributed by atoms with Gasteiger partial charge in [0.05, 0.1) is 6.61 Å². The summed E-state index contributed by atoms with van der Waals surface area (Å²) in [6.07, 6.45) is 82.2. The van der Waals surface area contributed by atoms with Gasteiger partial charge in [-0.2, -0.15) is 0 Å². The van der Waals surface area contributed by atoms with Crippen LogP contribution in [0.4, 0.5) is 0 Å². The molecule has 0 aromatic heterocycles. The zero-order chi connectivity index (χ0) is 52.0. The van der Waals surface area contributed by atoms with E-state index >= 15 is 0 Å². The molecule has 0 amide bonds. The molecule has 5 heteroatoms. The molecule has 0 N–H and O–H groups in total. The predicted molar refractivity (Wildman–Crippen MR) is 316 cm³/mol. The van der Waals surface area contributed by atoms with Crippen molar-refractivity contribution in [2.24, 2.45) is 0 Å². The van der Waals surface area contributed by atoms with Gasteiger partial charge in [-0.05, 0) is 109 Å². The van der Waals surface area contributed by atoms with Crippen LogP contribution in [0.25, 0.3) is 0 Å². The summed E-state index contributed by atoms with van der Waals surface area (Å²) in [6, 6.07) is 0.